The standard InChI is InChI=1S/C56H36N4/c1-4-15-37(16-5-1)39-19-14-20-43(34-39)56-57-49(38-17-6-2-7-18-38)36-50(58-56)42-28-27-41-35-45(30-29-40(41)33-42)59-52-26-13-11-24-48(52)54-53(59)32-31-47-46-23-10-12-25-51(46)60(55(47)54)44-21-8-3-9-22-44/h1-36H. The molecular formula is C56H36N4. The molecule has 3 aromatic heterocycles. The van der Waals surface area contributed by atoms with Gasteiger partial charge in [0.05, 0.1) is 33.5 Å². The fourth-order valence-electron chi connectivity index (χ4n) is 9.11. The summed E-state index contributed by atoms with van der Waals surface area (Å²) in [5, 5.41) is 7.30. The van der Waals surface area contributed by atoms with E-state index in [1.807, 2.05) is 12.1 Å². The first-order valence-electron chi connectivity index (χ1n) is 20.4. The molecule has 9 aromatic carbocycles. The number of fused-ring (bicyclic) bond motifs is 8. The number of hydrogen-bond acceptors (Lipinski definition) is 2. The van der Waals surface area contributed by atoms with Gasteiger partial charge in [0.1, 0.15) is 0 Å². The molecule has 3 heterocycles. The van der Waals surface area contributed by atoms with Crippen molar-refractivity contribution < 1.29 is 0 Å². The lowest BCUT2D eigenvalue weighted by molar-refractivity contribution is 1.18. The van der Waals surface area contributed by atoms with E-state index in [0.717, 1.165) is 61.4 Å². The Hall–Kier alpha value is -8.08. The molecular weight excluding hydrogens is 729 g/mol. The average Bonchev–Trinajstić information content (AvgIpc) is 3.85. The quantitative estimate of drug-likeness (QED) is 0.169. The van der Waals surface area contributed by atoms with Crippen molar-refractivity contribution in [3.8, 4) is 56.4 Å². The van der Waals surface area contributed by atoms with E-state index >= 15 is 0 Å². The van der Waals surface area contributed by atoms with Crippen LogP contribution in [-0.4, -0.2) is 19.1 Å². The lowest BCUT2D eigenvalue weighted by Gasteiger charge is -2.12. The normalized spacial score (nSPS) is 11.7. The number of para-hydroxylation sites is 3. The van der Waals surface area contributed by atoms with Gasteiger partial charge in [0.15, 0.2) is 5.82 Å². The molecule has 0 spiro atoms. The molecule has 0 aliphatic rings. The molecule has 0 aliphatic heterocycles. The minimum absolute atomic E-state index is 0.700. The smallest absolute Gasteiger partial charge is 0.160 e. The first-order chi connectivity index (χ1) is 29.7. The highest BCUT2D eigenvalue weighted by Gasteiger charge is 2.21. The van der Waals surface area contributed by atoms with E-state index in [1.165, 1.54) is 43.6 Å². The first kappa shape index (κ1) is 34.0. The highest BCUT2D eigenvalue weighted by Crippen LogP contribution is 2.42. The van der Waals surface area contributed by atoms with Crippen molar-refractivity contribution in [1.29, 1.82) is 0 Å². The first-order valence-corrected chi connectivity index (χ1v) is 20.4. The van der Waals surface area contributed by atoms with Crippen LogP contribution >= 0.6 is 0 Å². The van der Waals surface area contributed by atoms with Crippen molar-refractivity contribution in [2.45, 2.75) is 0 Å². The van der Waals surface area contributed by atoms with Gasteiger partial charge in [-0.3, -0.25) is 0 Å². The van der Waals surface area contributed by atoms with Crippen molar-refractivity contribution in [1.82, 2.24) is 19.1 Å². The van der Waals surface area contributed by atoms with Gasteiger partial charge >= 0.3 is 0 Å². The van der Waals surface area contributed by atoms with Gasteiger partial charge in [-0.05, 0) is 82.6 Å². The van der Waals surface area contributed by atoms with E-state index in [1.54, 1.807) is 0 Å². The number of benzene rings is 9. The molecule has 0 amide bonds. The Morgan fingerprint density at radius 3 is 1.68 bits per heavy atom. The van der Waals surface area contributed by atoms with Gasteiger partial charge in [-0.1, -0.05) is 158 Å². The highest BCUT2D eigenvalue weighted by atomic mass is 15.0. The molecule has 0 atom stereocenters. The minimum atomic E-state index is 0.700. The van der Waals surface area contributed by atoms with Gasteiger partial charge in [0.25, 0.3) is 0 Å². The predicted molar refractivity (Wildman–Crippen MR) is 250 cm³/mol. The zero-order valence-electron chi connectivity index (χ0n) is 32.6. The highest BCUT2D eigenvalue weighted by molar-refractivity contribution is 6.26. The maximum absolute atomic E-state index is 5.22. The van der Waals surface area contributed by atoms with Crippen LogP contribution in [0.2, 0.25) is 0 Å². The molecule has 0 N–H and O–H groups in total. The summed E-state index contributed by atoms with van der Waals surface area (Å²) in [5.74, 6) is 0.700. The Morgan fingerprint density at radius 1 is 0.300 bits per heavy atom. The van der Waals surface area contributed by atoms with E-state index in [9.17, 15) is 0 Å². The summed E-state index contributed by atoms with van der Waals surface area (Å²) in [4.78, 5) is 10.3. The van der Waals surface area contributed by atoms with E-state index < -0.39 is 0 Å². The van der Waals surface area contributed by atoms with E-state index in [4.69, 9.17) is 9.97 Å². The predicted octanol–water partition coefficient (Wildman–Crippen LogP) is 14.5. The lowest BCUT2D eigenvalue weighted by Crippen LogP contribution is -1.97. The summed E-state index contributed by atoms with van der Waals surface area (Å²) < 4.78 is 4.87. The van der Waals surface area contributed by atoms with Gasteiger partial charge in [-0.25, -0.2) is 9.97 Å². The molecule has 280 valence electrons. The summed E-state index contributed by atoms with van der Waals surface area (Å²) >= 11 is 0. The zero-order valence-corrected chi connectivity index (χ0v) is 32.6. The molecule has 4 nitrogen and oxygen atoms in total. The lowest BCUT2D eigenvalue weighted by atomic mass is 10.0. The Balaban J connectivity index is 1.01. The van der Waals surface area contributed by atoms with Crippen molar-refractivity contribution in [3.05, 3.63) is 218 Å². The maximum atomic E-state index is 5.22. The fourth-order valence-corrected chi connectivity index (χ4v) is 9.11. The third-order valence-corrected chi connectivity index (χ3v) is 11.9. The molecule has 0 fully saturated rings. The Morgan fingerprint density at radius 2 is 0.900 bits per heavy atom. The molecule has 0 aliphatic carbocycles. The van der Waals surface area contributed by atoms with Crippen LogP contribution in [0.15, 0.2) is 218 Å². The van der Waals surface area contributed by atoms with Crippen molar-refractivity contribution in [3.63, 3.8) is 0 Å². The van der Waals surface area contributed by atoms with Crippen LogP contribution in [0, 0.1) is 0 Å². The summed E-state index contributed by atoms with van der Waals surface area (Å²) in [7, 11) is 0. The summed E-state index contributed by atoms with van der Waals surface area (Å²) in [6.45, 7) is 0. The van der Waals surface area contributed by atoms with Gasteiger partial charge < -0.3 is 9.13 Å². The molecule has 4 heteroatoms. The Kier molecular flexibility index (Phi) is 7.82. The van der Waals surface area contributed by atoms with Crippen LogP contribution in [0.3, 0.4) is 0 Å². The van der Waals surface area contributed by atoms with Crippen LogP contribution in [0.5, 0.6) is 0 Å². The Bertz CT molecular complexity index is 3580. The van der Waals surface area contributed by atoms with Crippen LogP contribution < -0.4 is 0 Å². The third-order valence-electron chi connectivity index (χ3n) is 11.9. The fraction of sp³-hybridized carbons (Fsp3) is 0. The molecule has 12 rings (SSSR count). The van der Waals surface area contributed by atoms with E-state index in [2.05, 4.69) is 215 Å². The monoisotopic (exact) mass is 764 g/mol. The number of nitrogens with zero attached hydrogens (tertiary/aromatic N) is 4. The zero-order chi connectivity index (χ0) is 39.6. The molecule has 60 heavy (non-hydrogen) atoms. The van der Waals surface area contributed by atoms with Gasteiger partial charge in [-0.15, -0.1) is 0 Å². The molecule has 0 saturated heterocycles. The van der Waals surface area contributed by atoms with Gasteiger partial charge in [0, 0.05) is 49.6 Å². The summed E-state index contributed by atoms with van der Waals surface area (Å²) in [6, 6.07) is 77.9. The molecule has 0 saturated carbocycles. The summed E-state index contributed by atoms with van der Waals surface area (Å²) in [6.07, 6.45) is 0. The van der Waals surface area contributed by atoms with E-state index in [-0.39, 0.29) is 0 Å². The van der Waals surface area contributed by atoms with E-state index in [0.29, 0.717) is 5.82 Å². The van der Waals surface area contributed by atoms with Gasteiger partial charge in [-0.2, -0.15) is 0 Å². The number of rotatable bonds is 6. The topological polar surface area (TPSA) is 35.6 Å². The largest absolute Gasteiger partial charge is 0.309 e. The minimum Gasteiger partial charge on any atom is -0.309 e. The molecule has 0 bridgehead atoms. The Labute approximate surface area is 346 Å². The molecule has 12 aromatic rings. The van der Waals surface area contributed by atoms with Crippen LogP contribution in [0.1, 0.15) is 0 Å². The number of aromatic nitrogens is 4. The summed E-state index contributed by atoms with van der Waals surface area (Å²) in [5.41, 5.74) is 14.2. The second kappa shape index (κ2) is 13.8. The second-order valence-electron chi connectivity index (χ2n) is 15.4. The van der Waals surface area contributed by atoms with Crippen LogP contribution in [0.25, 0.3) is 111 Å². The third kappa shape index (κ3) is 5.53. The number of hydrogen-bond donors (Lipinski definition) is 0. The van der Waals surface area contributed by atoms with Crippen LogP contribution in [-0.2, 0) is 0 Å². The van der Waals surface area contributed by atoms with Crippen molar-refractivity contribution >= 4 is 54.4 Å². The molecule has 0 radical (unpaired) electrons. The average molecular weight is 765 g/mol. The second-order valence-corrected chi connectivity index (χ2v) is 15.4. The van der Waals surface area contributed by atoms with Gasteiger partial charge in [0.2, 0.25) is 0 Å². The molecule has 0 unspecified atom stereocenters. The van der Waals surface area contributed by atoms with Crippen LogP contribution in [0.4, 0.5) is 0 Å². The van der Waals surface area contributed by atoms with Crippen molar-refractivity contribution in [2.24, 2.45) is 0 Å². The maximum Gasteiger partial charge on any atom is 0.160 e. The van der Waals surface area contributed by atoms with Crippen molar-refractivity contribution in [2.75, 3.05) is 0 Å². The SMILES string of the molecule is c1ccc(-c2cccc(-c3nc(-c4ccccc4)cc(-c4ccc5cc(-n6c7ccccc7c7c6ccc6c8ccccc8n(-c8ccccc8)c67)ccc5c4)n3)c2)cc1.